The van der Waals surface area contributed by atoms with Gasteiger partial charge in [0.1, 0.15) is 5.69 Å². The first-order chi connectivity index (χ1) is 14.2. The zero-order valence-corrected chi connectivity index (χ0v) is 17.2. The third-order valence-electron chi connectivity index (χ3n) is 4.95. The molecule has 29 heavy (non-hydrogen) atoms. The van der Waals surface area contributed by atoms with Crippen molar-refractivity contribution >= 4 is 28.2 Å². The molecular formula is C21H24N6OS. The molecule has 1 N–H and O–H groups in total. The standard InChI is InChI=1S/C21H24N6OS/c1-26(15-16-8-10-17(11-9-16)27-13-5-2-6-14-27)21(28)23-20-25-24-19(29-20)18-7-3-4-12-22-18/h3-4,7-12H,2,5-6,13-15H2,1H3,(H,23,25,28). The number of carbonyl (C=O) groups excluding carboxylic acids is 1. The highest BCUT2D eigenvalue weighted by Crippen LogP contribution is 2.25. The summed E-state index contributed by atoms with van der Waals surface area (Å²) in [6.07, 6.45) is 5.56. The van der Waals surface area contributed by atoms with Crippen molar-refractivity contribution in [3.05, 3.63) is 54.2 Å². The van der Waals surface area contributed by atoms with Crippen LogP contribution in [0.1, 0.15) is 24.8 Å². The summed E-state index contributed by atoms with van der Waals surface area (Å²) in [7, 11) is 1.77. The summed E-state index contributed by atoms with van der Waals surface area (Å²) in [5, 5.41) is 12.1. The lowest BCUT2D eigenvalue weighted by molar-refractivity contribution is 0.220. The van der Waals surface area contributed by atoms with Crippen LogP contribution in [0, 0.1) is 0 Å². The van der Waals surface area contributed by atoms with Crippen LogP contribution in [-0.2, 0) is 6.54 Å². The monoisotopic (exact) mass is 408 g/mol. The van der Waals surface area contributed by atoms with Crippen molar-refractivity contribution in [2.45, 2.75) is 25.8 Å². The van der Waals surface area contributed by atoms with Crippen LogP contribution in [-0.4, -0.2) is 46.2 Å². The first-order valence-electron chi connectivity index (χ1n) is 9.80. The molecule has 3 heterocycles. The summed E-state index contributed by atoms with van der Waals surface area (Å²) in [4.78, 5) is 20.8. The summed E-state index contributed by atoms with van der Waals surface area (Å²) in [5.74, 6) is 0. The highest BCUT2D eigenvalue weighted by atomic mass is 32.1. The number of nitrogens with one attached hydrogen (secondary N) is 1. The second-order valence-electron chi connectivity index (χ2n) is 7.13. The van der Waals surface area contributed by atoms with Gasteiger partial charge >= 0.3 is 6.03 Å². The molecule has 0 aliphatic carbocycles. The summed E-state index contributed by atoms with van der Waals surface area (Å²) in [6.45, 7) is 2.78. The number of carbonyl (C=O) groups is 1. The van der Waals surface area contributed by atoms with Crippen molar-refractivity contribution in [3.8, 4) is 10.7 Å². The van der Waals surface area contributed by atoms with Gasteiger partial charge in [0.15, 0.2) is 5.01 Å². The van der Waals surface area contributed by atoms with Crippen molar-refractivity contribution in [1.29, 1.82) is 0 Å². The average Bonchev–Trinajstić information content (AvgIpc) is 3.24. The molecule has 1 aromatic carbocycles. The number of benzene rings is 1. The maximum absolute atomic E-state index is 12.5. The minimum absolute atomic E-state index is 0.214. The van der Waals surface area contributed by atoms with E-state index in [9.17, 15) is 4.79 Å². The highest BCUT2D eigenvalue weighted by Gasteiger charge is 2.15. The minimum Gasteiger partial charge on any atom is -0.372 e. The van der Waals surface area contributed by atoms with Gasteiger partial charge in [0.25, 0.3) is 0 Å². The predicted octanol–water partition coefficient (Wildman–Crippen LogP) is 4.25. The number of anilines is 2. The molecule has 2 aromatic heterocycles. The molecule has 2 amide bonds. The molecule has 1 saturated heterocycles. The lowest BCUT2D eigenvalue weighted by Gasteiger charge is -2.29. The molecule has 4 rings (SSSR count). The van der Waals surface area contributed by atoms with E-state index in [1.54, 1.807) is 18.1 Å². The smallest absolute Gasteiger partial charge is 0.323 e. The molecule has 0 unspecified atom stereocenters. The van der Waals surface area contributed by atoms with Gasteiger partial charge in [-0.2, -0.15) is 0 Å². The van der Waals surface area contributed by atoms with Crippen LogP contribution in [0.15, 0.2) is 48.7 Å². The molecule has 0 bridgehead atoms. The van der Waals surface area contributed by atoms with E-state index in [1.165, 1.54) is 36.3 Å². The van der Waals surface area contributed by atoms with E-state index in [-0.39, 0.29) is 6.03 Å². The van der Waals surface area contributed by atoms with E-state index in [0.29, 0.717) is 16.7 Å². The van der Waals surface area contributed by atoms with E-state index in [2.05, 4.69) is 49.7 Å². The normalized spacial score (nSPS) is 13.9. The second kappa shape index (κ2) is 9.00. The highest BCUT2D eigenvalue weighted by molar-refractivity contribution is 7.18. The third-order valence-corrected chi connectivity index (χ3v) is 5.81. The van der Waals surface area contributed by atoms with Crippen molar-refractivity contribution in [1.82, 2.24) is 20.1 Å². The molecule has 3 aromatic rings. The van der Waals surface area contributed by atoms with Crippen LogP contribution in [0.4, 0.5) is 15.6 Å². The summed E-state index contributed by atoms with van der Waals surface area (Å²) >= 11 is 1.31. The van der Waals surface area contributed by atoms with Crippen LogP contribution in [0.2, 0.25) is 0 Å². The van der Waals surface area contributed by atoms with Crippen molar-refractivity contribution < 1.29 is 4.79 Å². The molecule has 0 spiro atoms. The number of pyridine rings is 1. The SMILES string of the molecule is CN(Cc1ccc(N2CCCCC2)cc1)C(=O)Nc1nnc(-c2ccccn2)s1. The van der Waals surface area contributed by atoms with Crippen LogP contribution in [0.3, 0.4) is 0 Å². The van der Waals surface area contributed by atoms with Gasteiger partial charge in [0, 0.05) is 38.6 Å². The predicted molar refractivity (Wildman–Crippen MR) is 116 cm³/mol. The van der Waals surface area contributed by atoms with Crippen molar-refractivity contribution in [3.63, 3.8) is 0 Å². The summed E-state index contributed by atoms with van der Waals surface area (Å²) in [5.41, 5.74) is 3.10. The Morgan fingerprint density at radius 3 is 2.62 bits per heavy atom. The number of amides is 2. The maximum atomic E-state index is 12.5. The molecule has 8 heteroatoms. The largest absolute Gasteiger partial charge is 0.372 e. The first-order valence-corrected chi connectivity index (χ1v) is 10.6. The molecule has 1 aliphatic heterocycles. The Labute approximate surface area is 174 Å². The van der Waals surface area contributed by atoms with E-state index >= 15 is 0 Å². The quantitative estimate of drug-likeness (QED) is 0.683. The Morgan fingerprint density at radius 2 is 1.90 bits per heavy atom. The Bertz CT molecular complexity index is 937. The number of hydrogen-bond acceptors (Lipinski definition) is 6. The fourth-order valence-electron chi connectivity index (χ4n) is 3.36. The number of hydrogen-bond donors (Lipinski definition) is 1. The molecule has 150 valence electrons. The Morgan fingerprint density at radius 1 is 1.10 bits per heavy atom. The van der Waals surface area contributed by atoms with Crippen LogP contribution in [0.5, 0.6) is 0 Å². The number of piperidine rings is 1. The van der Waals surface area contributed by atoms with E-state index < -0.39 is 0 Å². The summed E-state index contributed by atoms with van der Waals surface area (Å²) in [6, 6.07) is 13.9. The van der Waals surface area contributed by atoms with Gasteiger partial charge < -0.3 is 9.80 Å². The number of rotatable bonds is 5. The number of nitrogens with zero attached hydrogens (tertiary/aromatic N) is 5. The topological polar surface area (TPSA) is 74.2 Å². The third kappa shape index (κ3) is 4.89. The van der Waals surface area contributed by atoms with Crippen LogP contribution < -0.4 is 10.2 Å². The van der Waals surface area contributed by atoms with Gasteiger partial charge in [-0.05, 0) is 49.1 Å². The van der Waals surface area contributed by atoms with Gasteiger partial charge in [-0.25, -0.2) is 4.79 Å². The molecule has 0 radical (unpaired) electrons. The zero-order valence-electron chi connectivity index (χ0n) is 16.4. The van der Waals surface area contributed by atoms with Gasteiger partial charge in [0.05, 0.1) is 0 Å². The average molecular weight is 409 g/mol. The zero-order chi connectivity index (χ0) is 20.1. The number of aromatic nitrogens is 3. The van der Waals surface area contributed by atoms with E-state index in [0.717, 1.165) is 24.3 Å². The van der Waals surface area contributed by atoms with E-state index in [1.807, 2.05) is 18.2 Å². The lowest BCUT2D eigenvalue weighted by Crippen LogP contribution is -2.31. The summed E-state index contributed by atoms with van der Waals surface area (Å²) < 4.78 is 0. The van der Waals surface area contributed by atoms with Gasteiger partial charge in [-0.1, -0.05) is 29.5 Å². The molecule has 7 nitrogen and oxygen atoms in total. The van der Waals surface area contributed by atoms with Gasteiger partial charge in [-0.3, -0.25) is 10.3 Å². The maximum Gasteiger partial charge on any atom is 0.323 e. The Kier molecular flexibility index (Phi) is 6.00. The van der Waals surface area contributed by atoms with Gasteiger partial charge in [0.2, 0.25) is 5.13 Å². The second-order valence-corrected chi connectivity index (χ2v) is 8.11. The van der Waals surface area contributed by atoms with E-state index in [4.69, 9.17) is 0 Å². The molecule has 1 fully saturated rings. The number of urea groups is 1. The lowest BCUT2D eigenvalue weighted by atomic mass is 10.1. The molecule has 0 saturated carbocycles. The fraction of sp³-hybridized carbons (Fsp3) is 0.333. The molecule has 1 aliphatic rings. The first kappa shape index (κ1) is 19.3. The van der Waals surface area contributed by atoms with Crippen LogP contribution >= 0.6 is 11.3 Å². The van der Waals surface area contributed by atoms with Crippen LogP contribution in [0.25, 0.3) is 10.7 Å². The molecule has 0 atom stereocenters. The fourth-order valence-corrected chi connectivity index (χ4v) is 4.07. The Hall–Kier alpha value is -3.00. The van der Waals surface area contributed by atoms with Gasteiger partial charge in [-0.15, -0.1) is 10.2 Å². The minimum atomic E-state index is -0.214. The van der Waals surface area contributed by atoms with Crippen molar-refractivity contribution in [2.24, 2.45) is 0 Å². The molecular weight excluding hydrogens is 384 g/mol. The Balaban J connectivity index is 1.33. The van der Waals surface area contributed by atoms with Crippen molar-refractivity contribution in [2.75, 3.05) is 30.4 Å².